The van der Waals surface area contributed by atoms with E-state index in [1.807, 2.05) is 0 Å². The SMILES string of the molecule is O=C(OC[C@H]1CO1)[C@@H]1C=C2O[C@@H]2C[C@H]1C(=O)OC[C@@H]1CO1. The normalized spacial score (nSPS) is 38.5. The van der Waals surface area contributed by atoms with Gasteiger partial charge in [0.1, 0.15) is 31.2 Å². The molecule has 0 amide bonds. The van der Waals surface area contributed by atoms with Crippen LogP contribution in [0.15, 0.2) is 11.8 Å². The molecule has 7 nitrogen and oxygen atoms in total. The third-order valence-corrected chi connectivity index (χ3v) is 3.99. The molecular weight excluding hydrogens is 280 g/mol. The monoisotopic (exact) mass is 296 g/mol. The first-order valence-electron chi connectivity index (χ1n) is 7.15. The van der Waals surface area contributed by atoms with E-state index >= 15 is 0 Å². The van der Waals surface area contributed by atoms with E-state index in [4.69, 9.17) is 23.7 Å². The number of hydrogen-bond donors (Lipinski definition) is 0. The molecule has 5 atom stereocenters. The lowest BCUT2D eigenvalue weighted by Gasteiger charge is -2.22. The van der Waals surface area contributed by atoms with Crippen molar-refractivity contribution in [2.75, 3.05) is 26.4 Å². The lowest BCUT2D eigenvalue weighted by molar-refractivity contribution is -0.160. The fraction of sp³-hybridized carbons (Fsp3) is 0.714. The molecule has 4 aliphatic rings. The van der Waals surface area contributed by atoms with Crippen LogP contribution in [-0.2, 0) is 33.3 Å². The lowest BCUT2D eigenvalue weighted by atomic mass is 9.84. The van der Waals surface area contributed by atoms with Gasteiger partial charge in [0.25, 0.3) is 0 Å². The summed E-state index contributed by atoms with van der Waals surface area (Å²) in [7, 11) is 0. The average Bonchev–Trinajstić information content (AvgIpc) is 3.37. The number of rotatable bonds is 6. The van der Waals surface area contributed by atoms with E-state index in [1.54, 1.807) is 6.08 Å². The number of ether oxygens (including phenoxy) is 5. The highest BCUT2D eigenvalue weighted by molar-refractivity contribution is 5.84. The Bertz CT molecular complexity index is 492. The molecule has 4 rings (SSSR count). The minimum atomic E-state index is -0.634. The summed E-state index contributed by atoms with van der Waals surface area (Å²) in [5.74, 6) is -1.22. The first kappa shape index (κ1) is 13.1. The maximum atomic E-state index is 12.2. The van der Waals surface area contributed by atoms with Gasteiger partial charge in [0.2, 0.25) is 0 Å². The maximum Gasteiger partial charge on any atom is 0.313 e. The first-order chi connectivity index (χ1) is 10.2. The molecule has 7 heteroatoms. The molecule has 0 radical (unpaired) electrons. The minimum Gasteiger partial charge on any atom is -0.483 e. The number of fused-ring (bicyclic) bond motifs is 1. The van der Waals surface area contributed by atoms with Crippen LogP contribution in [0.5, 0.6) is 0 Å². The molecule has 21 heavy (non-hydrogen) atoms. The van der Waals surface area contributed by atoms with Crippen molar-refractivity contribution in [3.63, 3.8) is 0 Å². The van der Waals surface area contributed by atoms with Gasteiger partial charge in [-0.25, -0.2) is 0 Å². The van der Waals surface area contributed by atoms with Gasteiger partial charge >= 0.3 is 11.9 Å². The number of epoxide rings is 3. The van der Waals surface area contributed by atoms with Gasteiger partial charge in [-0.2, -0.15) is 0 Å². The van der Waals surface area contributed by atoms with E-state index in [0.29, 0.717) is 19.6 Å². The molecule has 0 N–H and O–H groups in total. The van der Waals surface area contributed by atoms with Crippen LogP contribution in [0, 0.1) is 11.8 Å². The lowest BCUT2D eigenvalue weighted by Crippen LogP contribution is -2.35. The Labute approximate surface area is 121 Å². The van der Waals surface area contributed by atoms with Gasteiger partial charge in [-0.1, -0.05) is 0 Å². The van der Waals surface area contributed by atoms with Crippen LogP contribution in [0.1, 0.15) is 6.42 Å². The fourth-order valence-corrected chi connectivity index (χ4v) is 2.47. The Balaban J connectivity index is 1.38. The number of carbonyl (C=O) groups excluding carboxylic acids is 2. The van der Waals surface area contributed by atoms with Gasteiger partial charge in [-0.3, -0.25) is 9.59 Å². The summed E-state index contributed by atoms with van der Waals surface area (Å²) in [4.78, 5) is 24.3. The van der Waals surface area contributed by atoms with E-state index in [0.717, 1.165) is 5.76 Å². The summed E-state index contributed by atoms with van der Waals surface area (Å²) in [5, 5.41) is 0. The number of carbonyl (C=O) groups is 2. The minimum absolute atomic E-state index is 0.00698. The predicted octanol–water partition coefficient (Wildman–Crippen LogP) is -0.211. The van der Waals surface area contributed by atoms with Crippen molar-refractivity contribution in [3.8, 4) is 0 Å². The summed E-state index contributed by atoms with van der Waals surface area (Å²) < 4.78 is 25.7. The standard InChI is InChI=1S/C14H16O7/c15-13(19-5-7-3-17-7)9-1-11-12(21-11)2-10(9)14(16)20-6-8-4-18-8/h1,7-10,12H,2-6H2/t7-,8+,9-,10-,12-/m1/s1. The molecule has 114 valence electrons. The molecule has 3 saturated heterocycles. The van der Waals surface area contributed by atoms with Crippen LogP contribution >= 0.6 is 0 Å². The molecule has 3 aliphatic heterocycles. The van der Waals surface area contributed by atoms with Crippen molar-refractivity contribution in [2.24, 2.45) is 11.8 Å². The van der Waals surface area contributed by atoms with Gasteiger partial charge < -0.3 is 23.7 Å². The zero-order chi connectivity index (χ0) is 14.4. The van der Waals surface area contributed by atoms with Crippen LogP contribution in [-0.4, -0.2) is 56.7 Å². The van der Waals surface area contributed by atoms with Crippen molar-refractivity contribution < 1.29 is 33.3 Å². The molecule has 0 saturated carbocycles. The summed E-state index contributed by atoms with van der Waals surface area (Å²) in [6.45, 7) is 1.73. The van der Waals surface area contributed by atoms with Crippen molar-refractivity contribution >= 4 is 11.9 Å². The highest BCUT2D eigenvalue weighted by Crippen LogP contribution is 2.42. The van der Waals surface area contributed by atoms with Gasteiger partial charge in [0.15, 0.2) is 6.10 Å². The van der Waals surface area contributed by atoms with Crippen LogP contribution < -0.4 is 0 Å². The van der Waals surface area contributed by atoms with E-state index in [9.17, 15) is 9.59 Å². The summed E-state index contributed by atoms with van der Waals surface area (Å²) in [5.41, 5.74) is 0. The van der Waals surface area contributed by atoms with Gasteiger partial charge in [-0.05, 0) is 6.08 Å². The topological polar surface area (TPSA) is 90.2 Å². The quantitative estimate of drug-likeness (QED) is 0.495. The van der Waals surface area contributed by atoms with E-state index < -0.39 is 17.8 Å². The molecule has 0 aromatic carbocycles. The van der Waals surface area contributed by atoms with Crippen LogP contribution in [0.4, 0.5) is 0 Å². The van der Waals surface area contributed by atoms with Gasteiger partial charge in [0.05, 0.1) is 25.0 Å². The molecule has 0 aromatic heterocycles. The average molecular weight is 296 g/mol. The van der Waals surface area contributed by atoms with E-state index in [1.165, 1.54) is 0 Å². The Morgan fingerprint density at radius 2 is 1.71 bits per heavy atom. The summed E-state index contributed by atoms with van der Waals surface area (Å²) in [6, 6.07) is 0. The van der Waals surface area contributed by atoms with E-state index in [-0.39, 0.29) is 37.5 Å². The van der Waals surface area contributed by atoms with Crippen molar-refractivity contribution in [2.45, 2.75) is 24.7 Å². The summed E-state index contributed by atoms with van der Waals surface area (Å²) >= 11 is 0. The second-order valence-electron chi connectivity index (χ2n) is 5.71. The van der Waals surface area contributed by atoms with Crippen molar-refractivity contribution in [3.05, 3.63) is 11.8 Å². The Morgan fingerprint density at radius 1 is 1.10 bits per heavy atom. The fourth-order valence-electron chi connectivity index (χ4n) is 2.47. The van der Waals surface area contributed by atoms with E-state index in [2.05, 4.69) is 0 Å². The smallest absolute Gasteiger partial charge is 0.313 e. The van der Waals surface area contributed by atoms with Crippen LogP contribution in [0.25, 0.3) is 0 Å². The molecule has 1 aliphatic carbocycles. The molecule has 0 aromatic rings. The van der Waals surface area contributed by atoms with Crippen molar-refractivity contribution in [1.82, 2.24) is 0 Å². The Hall–Kier alpha value is -1.60. The molecule has 0 bridgehead atoms. The third kappa shape index (κ3) is 3.03. The van der Waals surface area contributed by atoms with Crippen LogP contribution in [0.2, 0.25) is 0 Å². The predicted molar refractivity (Wildman–Crippen MR) is 66.0 cm³/mol. The highest BCUT2D eigenvalue weighted by Gasteiger charge is 2.49. The molecule has 3 heterocycles. The molecule has 0 unspecified atom stereocenters. The van der Waals surface area contributed by atoms with Crippen molar-refractivity contribution in [1.29, 1.82) is 0 Å². The van der Waals surface area contributed by atoms with Gasteiger partial charge in [-0.15, -0.1) is 0 Å². The number of esters is 2. The van der Waals surface area contributed by atoms with Crippen LogP contribution in [0.3, 0.4) is 0 Å². The third-order valence-electron chi connectivity index (χ3n) is 3.99. The second kappa shape index (κ2) is 4.99. The second-order valence-corrected chi connectivity index (χ2v) is 5.71. The number of hydrogen-bond acceptors (Lipinski definition) is 7. The molecular formula is C14H16O7. The summed E-state index contributed by atoms with van der Waals surface area (Å²) in [6.07, 6.45) is 2.13. The first-order valence-corrected chi connectivity index (χ1v) is 7.15. The Morgan fingerprint density at radius 3 is 2.33 bits per heavy atom. The zero-order valence-corrected chi connectivity index (χ0v) is 11.4. The van der Waals surface area contributed by atoms with Gasteiger partial charge in [0, 0.05) is 6.42 Å². The molecule has 0 spiro atoms. The highest BCUT2D eigenvalue weighted by atomic mass is 16.6. The maximum absolute atomic E-state index is 12.2. The molecule has 3 fully saturated rings. The Kier molecular flexibility index (Phi) is 3.11. The zero-order valence-electron chi connectivity index (χ0n) is 11.4. The largest absolute Gasteiger partial charge is 0.483 e.